The second-order valence-corrected chi connectivity index (χ2v) is 6.10. The molecule has 2 saturated carbocycles. The van der Waals surface area contributed by atoms with Crippen LogP contribution in [0.2, 0.25) is 0 Å². The van der Waals surface area contributed by atoms with Gasteiger partial charge in [-0.25, -0.2) is 4.79 Å². The highest BCUT2D eigenvalue weighted by molar-refractivity contribution is 5.74. The molecule has 2 amide bonds. The summed E-state index contributed by atoms with van der Waals surface area (Å²) in [6.07, 6.45) is 8.48. The van der Waals surface area contributed by atoms with Gasteiger partial charge in [0.25, 0.3) is 0 Å². The minimum absolute atomic E-state index is 0.0586. The zero-order valence-electron chi connectivity index (χ0n) is 11.2. The van der Waals surface area contributed by atoms with Crippen LogP contribution < -0.4 is 10.6 Å². The number of amides is 2. The third-order valence-corrected chi connectivity index (χ3v) is 4.44. The van der Waals surface area contributed by atoms with Crippen LogP contribution >= 0.6 is 0 Å². The van der Waals surface area contributed by atoms with Crippen LogP contribution in [0.5, 0.6) is 0 Å². The van der Waals surface area contributed by atoms with Crippen molar-refractivity contribution in [3.8, 4) is 0 Å². The second kappa shape index (κ2) is 5.74. The molecule has 0 aromatic carbocycles. The van der Waals surface area contributed by atoms with Crippen molar-refractivity contribution in [3.05, 3.63) is 0 Å². The van der Waals surface area contributed by atoms with E-state index >= 15 is 0 Å². The number of nitrogens with one attached hydrogen (secondary N) is 2. The van der Waals surface area contributed by atoms with Gasteiger partial charge in [-0.1, -0.05) is 26.7 Å². The molecule has 2 N–H and O–H groups in total. The van der Waals surface area contributed by atoms with Crippen LogP contribution in [-0.2, 0) is 0 Å². The summed E-state index contributed by atoms with van der Waals surface area (Å²) in [5, 5.41) is 6.27. The second-order valence-electron chi connectivity index (χ2n) is 6.10. The summed E-state index contributed by atoms with van der Waals surface area (Å²) in [6, 6.07) is 0.865. The molecule has 0 saturated heterocycles. The van der Waals surface area contributed by atoms with E-state index in [2.05, 4.69) is 24.5 Å². The molecule has 0 aliphatic heterocycles. The van der Waals surface area contributed by atoms with Crippen LogP contribution in [0.15, 0.2) is 0 Å². The van der Waals surface area contributed by atoms with Gasteiger partial charge in [-0.15, -0.1) is 0 Å². The fourth-order valence-electron chi connectivity index (χ4n) is 3.35. The highest BCUT2D eigenvalue weighted by Crippen LogP contribution is 2.28. The van der Waals surface area contributed by atoms with Gasteiger partial charge in [-0.2, -0.15) is 0 Å². The average molecular weight is 238 g/mol. The summed E-state index contributed by atoms with van der Waals surface area (Å²) in [7, 11) is 0. The Hall–Kier alpha value is -0.730. The van der Waals surface area contributed by atoms with Crippen molar-refractivity contribution in [1.82, 2.24) is 10.6 Å². The smallest absolute Gasteiger partial charge is 0.315 e. The number of urea groups is 1. The van der Waals surface area contributed by atoms with Crippen LogP contribution in [0.3, 0.4) is 0 Å². The zero-order valence-corrected chi connectivity index (χ0v) is 11.2. The van der Waals surface area contributed by atoms with Crippen molar-refractivity contribution in [3.63, 3.8) is 0 Å². The highest BCUT2D eigenvalue weighted by atomic mass is 16.2. The van der Waals surface area contributed by atoms with Crippen molar-refractivity contribution < 1.29 is 4.79 Å². The molecule has 2 aliphatic rings. The lowest BCUT2D eigenvalue weighted by molar-refractivity contribution is 0.204. The van der Waals surface area contributed by atoms with E-state index in [0.29, 0.717) is 18.0 Å². The van der Waals surface area contributed by atoms with Crippen molar-refractivity contribution in [2.24, 2.45) is 11.8 Å². The van der Waals surface area contributed by atoms with Crippen LogP contribution in [0.25, 0.3) is 0 Å². The maximum absolute atomic E-state index is 11.9. The van der Waals surface area contributed by atoms with Gasteiger partial charge in [0.15, 0.2) is 0 Å². The SMILES string of the molecule is CC1CCC(NC(=O)NC2CCCC2)C(C)C1. The molecule has 3 unspecified atom stereocenters. The van der Waals surface area contributed by atoms with Gasteiger partial charge in [-0.3, -0.25) is 0 Å². The van der Waals surface area contributed by atoms with E-state index in [1.165, 1.54) is 25.7 Å². The monoisotopic (exact) mass is 238 g/mol. The van der Waals surface area contributed by atoms with Crippen molar-refractivity contribution in [2.75, 3.05) is 0 Å². The standard InChI is InChI=1S/C14H26N2O/c1-10-7-8-13(11(2)9-10)16-14(17)15-12-5-3-4-6-12/h10-13H,3-9H2,1-2H3,(H2,15,16,17). The van der Waals surface area contributed by atoms with E-state index in [9.17, 15) is 4.79 Å². The Bertz CT molecular complexity index is 261. The molecule has 0 bridgehead atoms. The van der Waals surface area contributed by atoms with Crippen molar-refractivity contribution >= 4 is 6.03 Å². The van der Waals surface area contributed by atoms with E-state index in [4.69, 9.17) is 0 Å². The highest BCUT2D eigenvalue weighted by Gasteiger charge is 2.27. The number of rotatable bonds is 2. The Labute approximate surface area is 105 Å². The van der Waals surface area contributed by atoms with Gasteiger partial charge < -0.3 is 10.6 Å². The minimum Gasteiger partial charge on any atom is -0.335 e. The molecule has 0 heterocycles. The summed E-state index contributed by atoms with van der Waals surface area (Å²) < 4.78 is 0. The van der Waals surface area contributed by atoms with Crippen LogP contribution in [0.4, 0.5) is 4.79 Å². The van der Waals surface area contributed by atoms with Gasteiger partial charge in [0.2, 0.25) is 0 Å². The quantitative estimate of drug-likeness (QED) is 0.762. The normalized spacial score (nSPS) is 34.6. The van der Waals surface area contributed by atoms with E-state index in [1.807, 2.05) is 0 Å². The van der Waals surface area contributed by atoms with E-state index in [1.54, 1.807) is 0 Å². The minimum atomic E-state index is 0.0586. The summed E-state index contributed by atoms with van der Waals surface area (Å²) in [5.74, 6) is 1.44. The number of hydrogen-bond acceptors (Lipinski definition) is 1. The molecule has 98 valence electrons. The van der Waals surface area contributed by atoms with E-state index < -0.39 is 0 Å². The first kappa shape index (κ1) is 12.7. The van der Waals surface area contributed by atoms with Gasteiger partial charge >= 0.3 is 6.03 Å². The first-order valence-corrected chi connectivity index (χ1v) is 7.22. The van der Waals surface area contributed by atoms with Crippen LogP contribution in [-0.4, -0.2) is 18.1 Å². The third kappa shape index (κ3) is 3.62. The fourth-order valence-corrected chi connectivity index (χ4v) is 3.35. The third-order valence-electron chi connectivity index (χ3n) is 4.44. The molecule has 2 fully saturated rings. The summed E-state index contributed by atoms with van der Waals surface area (Å²) in [6.45, 7) is 4.57. The number of carbonyl (C=O) groups is 1. The fraction of sp³-hybridized carbons (Fsp3) is 0.929. The Morgan fingerprint density at radius 1 is 1.00 bits per heavy atom. The molecule has 0 aromatic heterocycles. The number of hydrogen-bond donors (Lipinski definition) is 2. The molecule has 3 atom stereocenters. The lowest BCUT2D eigenvalue weighted by Crippen LogP contribution is -2.49. The molecule has 0 radical (unpaired) electrons. The molecule has 17 heavy (non-hydrogen) atoms. The molecule has 0 aromatic rings. The molecule has 2 aliphatic carbocycles. The molecule has 2 rings (SSSR count). The predicted molar refractivity (Wildman–Crippen MR) is 69.9 cm³/mol. The van der Waals surface area contributed by atoms with Crippen LogP contribution in [0, 0.1) is 11.8 Å². The van der Waals surface area contributed by atoms with Crippen molar-refractivity contribution in [1.29, 1.82) is 0 Å². The largest absolute Gasteiger partial charge is 0.335 e. The maximum atomic E-state index is 11.9. The van der Waals surface area contributed by atoms with Crippen LogP contribution in [0.1, 0.15) is 58.8 Å². The first-order chi connectivity index (χ1) is 8.15. The van der Waals surface area contributed by atoms with Gasteiger partial charge in [0.05, 0.1) is 0 Å². The first-order valence-electron chi connectivity index (χ1n) is 7.22. The lowest BCUT2D eigenvalue weighted by Gasteiger charge is -2.33. The van der Waals surface area contributed by atoms with E-state index in [0.717, 1.165) is 25.2 Å². The molecular formula is C14H26N2O. The predicted octanol–water partition coefficient (Wildman–Crippen LogP) is 3.05. The summed E-state index contributed by atoms with van der Waals surface area (Å²) in [4.78, 5) is 11.9. The average Bonchev–Trinajstić information content (AvgIpc) is 2.75. The topological polar surface area (TPSA) is 41.1 Å². The molecule has 3 heteroatoms. The number of carbonyl (C=O) groups excluding carboxylic acids is 1. The Kier molecular flexibility index (Phi) is 4.30. The van der Waals surface area contributed by atoms with E-state index in [-0.39, 0.29) is 6.03 Å². The van der Waals surface area contributed by atoms with Gasteiger partial charge in [0.1, 0.15) is 0 Å². The van der Waals surface area contributed by atoms with Gasteiger partial charge in [0, 0.05) is 12.1 Å². The van der Waals surface area contributed by atoms with Crippen molar-refractivity contribution in [2.45, 2.75) is 70.9 Å². The maximum Gasteiger partial charge on any atom is 0.315 e. The molecular weight excluding hydrogens is 212 g/mol. The summed E-state index contributed by atoms with van der Waals surface area (Å²) >= 11 is 0. The molecule has 0 spiro atoms. The molecule has 3 nitrogen and oxygen atoms in total. The Morgan fingerprint density at radius 2 is 1.71 bits per heavy atom. The Morgan fingerprint density at radius 3 is 2.35 bits per heavy atom. The lowest BCUT2D eigenvalue weighted by atomic mass is 9.80. The zero-order chi connectivity index (χ0) is 12.3. The summed E-state index contributed by atoms with van der Waals surface area (Å²) in [5.41, 5.74) is 0. The Balaban J connectivity index is 1.73. The van der Waals surface area contributed by atoms with Gasteiger partial charge in [-0.05, 0) is 43.9 Å².